The summed E-state index contributed by atoms with van der Waals surface area (Å²) in [6.45, 7) is 0.310. The zero-order valence-electron chi connectivity index (χ0n) is 16.8. The van der Waals surface area contributed by atoms with E-state index in [1.165, 1.54) is 23.1 Å². The van der Waals surface area contributed by atoms with E-state index >= 15 is 0 Å². The second kappa shape index (κ2) is 7.33. The van der Waals surface area contributed by atoms with Crippen LogP contribution in [0.3, 0.4) is 0 Å². The number of carbonyl (C=O) groups excluding carboxylic acids is 1. The molecule has 1 aromatic carbocycles. The predicted molar refractivity (Wildman–Crippen MR) is 109 cm³/mol. The standard InChI is InChI=1S/C22H14F2N6O3/c23-11-4-5-15(25-9-11)20-28-29-21(33-20)22(31)30-7-6-14-18(27-10-26-14)19(30)17-8-12-13(24)2-1-3-16(12)32-17/h1-5,8-10,19H,6-7H2,(H,26,27)/t19-/m1/s1. The number of nitrogens with zero attached hydrogens (tertiary/aromatic N) is 5. The first kappa shape index (κ1) is 19.3. The number of nitrogens with one attached hydrogen (secondary N) is 1. The number of benzene rings is 1. The van der Waals surface area contributed by atoms with E-state index in [1.807, 2.05) is 0 Å². The largest absolute Gasteiger partial charge is 0.458 e. The average molecular weight is 448 g/mol. The Morgan fingerprint density at radius 2 is 2.03 bits per heavy atom. The second-order valence-electron chi connectivity index (χ2n) is 7.49. The maximum Gasteiger partial charge on any atom is 0.312 e. The molecular weight excluding hydrogens is 434 g/mol. The summed E-state index contributed by atoms with van der Waals surface area (Å²) in [5, 5.41) is 8.04. The molecule has 0 radical (unpaired) electrons. The molecule has 0 aliphatic carbocycles. The van der Waals surface area contributed by atoms with Crippen LogP contribution >= 0.6 is 0 Å². The Morgan fingerprint density at radius 3 is 2.85 bits per heavy atom. The number of halogens is 2. The lowest BCUT2D eigenvalue weighted by Crippen LogP contribution is -2.40. The molecule has 0 spiro atoms. The van der Waals surface area contributed by atoms with Crippen LogP contribution in [0.4, 0.5) is 8.78 Å². The van der Waals surface area contributed by atoms with Crippen LogP contribution in [0.2, 0.25) is 0 Å². The van der Waals surface area contributed by atoms with Crippen molar-refractivity contribution in [2.24, 2.45) is 0 Å². The highest BCUT2D eigenvalue weighted by Crippen LogP contribution is 2.37. The third-order valence-electron chi connectivity index (χ3n) is 5.54. The third-order valence-corrected chi connectivity index (χ3v) is 5.54. The number of aromatic amines is 1. The summed E-state index contributed by atoms with van der Waals surface area (Å²) in [7, 11) is 0. The number of hydrogen-bond acceptors (Lipinski definition) is 7. The van der Waals surface area contributed by atoms with E-state index < -0.39 is 23.6 Å². The van der Waals surface area contributed by atoms with Crippen LogP contribution in [0.25, 0.3) is 22.6 Å². The van der Waals surface area contributed by atoms with Gasteiger partial charge in [0.25, 0.3) is 5.89 Å². The Labute approximate surface area is 184 Å². The fourth-order valence-corrected chi connectivity index (χ4v) is 4.00. The summed E-state index contributed by atoms with van der Waals surface area (Å²) in [5.41, 5.74) is 2.05. The number of carbonyl (C=O) groups is 1. The lowest BCUT2D eigenvalue weighted by atomic mass is 10.00. The number of H-pyrrole nitrogens is 1. The molecule has 9 nitrogen and oxygen atoms in total. The minimum Gasteiger partial charge on any atom is -0.458 e. The van der Waals surface area contributed by atoms with E-state index in [-0.39, 0.29) is 17.5 Å². The summed E-state index contributed by atoms with van der Waals surface area (Å²) in [4.78, 5) is 26.2. The first-order chi connectivity index (χ1) is 16.1. The van der Waals surface area contributed by atoms with Gasteiger partial charge in [0.05, 0.1) is 23.6 Å². The molecule has 0 saturated carbocycles. The Morgan fingerprint density at radius 1 is 1.12 bits per heavy atom. The van der Waals surface area contributed by atoms with Crippen molar-refractivity contribution in [1.82, 2.24) is 30.0 Å². The van der Waals surface area contributed by atoms with Crippen molar-refractivity contribution >= 4 is 16.9 Å². The molecule has 5 heterocycles. The summed E-state index contributed by atoms with van der Waals surface area (Å²) in [5.74, 6) is -1.40. The van der Waals surface area contributed by atoms with Gasteiger partial charge in [-0.25, -0.2) is 18.7 Å². The SMILES string of the molecule is O=C(c1nnc(-c2ccc(F)cn2)o1)N1CCc2[nH]cnc2[C@H]1c1cc2c(F)cccc2o1. The first-order valence-electron chi connectivity index (χ1n) is 10.0. The molecule has 6 rings (SSSR count). The highest BCUT2D eigenvalue weighted by Gasteiger charge is 2.38. The maximum absolute atomic E-state index is 14.3. The molecule has 0 bridgehead atoms. The van der Waals surface area contributed by atoms with Gasteiger partial charge in [-0.2, -0.15) is 0 Å². The van der Waals surface area contributed by atoms with Crippen LogP contribution in [-0.4, -0.2) is 42.5 Å². The molecule has 1 atom stereocenters. The Bertz CT molecular complexity index is 1490. The normalized spacial score (nSPS) is 15.7. The summed E-state index contributed by atoms with van der Waals surface area (Å²) in [6.07, 6.45) is 3.08. The topological polar surface area (TPSA) is 114 Å². The van der Waals surface area contributed by atoms with Crippen molar-refractivity contribution < 1.29 is 22.4 Å². The van der Waals surface area contributed by atoms with Gasteiger partial charge < -0.3 is 18.7 Å². The Hall–Kier alpha value is -4.41. The summed E-state index contributed by atoms with van der Waals surface area (Å²) in [6, 6.07) is 7.98. The van der Waals surface area contributed by atoms with Crippen molar-refractivity contribution in [1.29, 1.82) is 0 Å². The Kier molecular flexibility index (Phi) is 4.28. The zero-order chi connectivity index (χ0) is 22.5. The van der Waals surface area contributed by atoms with E-state index in [1.54, 1.807) is 24.5 Å². The fraction of sp³-hybridized carbons (Fsp3) is 0.136. The number of pyridine rings is 1. The minimum atomic E-state index is -0.724. The second-order valence-corrected chi connectivity index (χ2v) is 7.49. The monoisotopic (exact) mass is 448 g/mol. The first-order valence-corrected chi connectivity index (χ1v) is 10.0. The number of imidazole rings is 1. The molecule has 0 saturated heterocycles. The molecule has 1 N–H and O–H groups in total. The van der Waals surface area contributed by atoms with Gasteiger partial charge in [0.15, 0.2) is 0 Å². The van der Waals surface area contributed by atoms with Crippen molar-refractivity contribution in [3.8, 4) is 11.6 Å². The van der Waals surface area contributed by atoms with E-state index in [9.17, 15) is 13.6 Å². The molecule has 33 heavy (non-hydrogen) atoms. The van der Waals surface area contributed by atoms with Crippen LogP contribution in [-0.2, 0) is 6.42 Å². The average Bonchev–Trinajstić information content (AvgIpc) is 3.57. The van der Waals surface area contributed by atoms with Crippen molar-refractivity contribution in [2.45, 2.75) is 12.5 Å². The molecule has 0 fully saturated rings. The van der Waals surface area contributed by atoms with Crippen LogP contribution in [0.5, 0.6) is 0 Å². The molecular formula is C22H14F2N6O3. The lowest BCUT2D eigenvalue weighted by molar-refractivity contribution is 0.0632. The lowest BCUT2D eigenvalue weighted by Gasteiger charge is -2.32. The van der Waals surface area contributed by atoms with Gasteiger partial charge in [-0.15, -0.1) is 10.2 Å². The molecule has 1 aliphatic heterocycles. The minimum absolute atomic E-state index is 0.0156. The van der Waals surface area contributed by atoms with Crippen LogP contribution in [0, 0.1) is 11.6 Å². The van der Waals surface area contributed by atoms with Crippen molar-refractivity contribution in [2.75, 3.05) is 6.54 Å². The number of fused-ring (bicyclic) bond motifs is 2. The van der Waals surface area contributed by atoms with E-state index in [2.05, 4.69) is 25.1 Å². The molecule has 11 heteroatoms. The van der Waals surface area contributed by atoms with E-state index in [0.717, 1.165) is 11.9 Å². The van der Waals surface area contributed by atoms with Crippen LogP contribution < -0.4 is 0 Å². The fourth-order valence-electron chi connectivity index (χ4n) is 4.00. The zero-order valence-corrected chi connectivity index (χ0v) is 16.8. The van der Waals surface area contributed by atoms with Gasteiger partial charge in [-0.05, 0) is 30.3 Å². The van der Waals surface area contributed by atoms with Gasteiger partial charge in [0, 0.05) is 18.7 Å². The smallest absolute Gasteiger partial charge is 0.312 e. The number of amides is 1. The van der Waals surface area contributed by atoms with Crippen molar-refractivity contribution in [3.05, 3.63) is 83.6 Å². The summed E-state index contributed by atoms with van der Waals surface area (Å²) < 4.78 is 38.9. The molecule has 4 aromatic heterocycles. The van der Waals surface area contributed by atoms with E-state index in [0.29, 0.717) is 35.4 Å². The van der Waals surface area contributed by atoms with Crippen LogP contribution in [0.1, 0.15) is 33.9 Å². The van der Waals surface area contributed by atoms with Gasteiger partial charge in [-0.1, -0.05) is 6.07 Å². The molecule has 164 valence electrons. The number of rotatable bonds is 3. The van der Waals surface area contributed by atoms with Gasteiger partial charge in [-0.3, -0.25) is 4.79 Å². The highest BCUT2D eigenvalue weighted by atomic mass is 19.1. The number of furan rings is 1. The maximum atomic E-state index is 14.3. The quantitative estimate of drug-likeness (QED) is 0.448. The van der Waals surface area contributed by atoms with Crippen molar-refractivity contribution in [3.63, 3.8) is 0 Å². The highest BCUT2D eigenvalue weighted by molar-refractivity contribution is 5.90. The van der Waals surface area contributed by atoms with Gasteiger partial charge >= 0.3 is 11.8 Å². The molecule has 5 aromatic rings. The Balaban J connectivity index is 1.40. The molecule has 1 amide bonds. The molecule has 1 aliphatic rings. The number of aromatic nitrogens is 5. The van der Waals surface area contributed by atoms with Crippen LogP contribution in [0.15, 0.2) is 57.8 Å². The van der Waals surface area contributed by atoms with Gasteiger partial charge in [0.2, 0.25) is 0 Å². The summed E-state index contributed by atoms with van der Waals surface area (Å²) >= 11 is 0. The predicted octanol–water partition coefficient (Wildman–Crippen LogP) is 3.67. The van der Waals surface area contributed by atoms with Gasteiger partial charge in [0.1, 0.15) is 34.7 Å². The molecule has 0 unspecified atom stereocenters. The number of hydrogen-bond donors (Lipinski definition) is 1. The third kappa shape index (κ3) is 3.16. The van der Waals surface area contributed by atoms with E-state index in [4.69, 9.17) is 8.83 Å².